The lowest BCUT2D eigenvalue weighted by Crippen LogP contribution is -2.31. The fourth-order valence-electron chi connectivity index (χ4n) is 5.59. The van der Waals surface area contributed by atoms with Crippen molar-refractivity contribution < 1.29 is 14.7 Å². The number of hydrogen-bond donors (Lipinski definition) is 2. The molecule has 0 spiro atoms. The highest BCUT2D eigenvalue weighted by molar-refractivity contribution is 5.90. The van der Waals surface area contributed by atoms with Gasteiger partial charge in [0.25, 0.3) is 0 Å². The lowest BCUT2D eigenvalue weighted by molar-refractivity contribution is 0.125. The SMILES string of the molecule is C=C(O)n1c(C2CC2)nc2c(C(O)(c3ccncc3C)c3ccncc3C)cc(-c3c(C)noc3C)cc21. The van der Waals surface area contributed by atoms with E-state index in [-0.39, 0.29) is 11.8 Å². The summed E-state index contributed by atoms with van der Waals surface area (Å²) in [5.74, 6) is 1.51. The summed E-state index contributed by atoms with van der Waals surface area (Å²) in [6, 6.07) is 7.61. The molecule has 0 aliphatic heterocycles. The fourth-order valence-corrected chi connectivity index (χ4v) is 5.59. The summed E-state index contributed by atoms with van der Waals surface area (Å²) in [4.78, 5) is 13.6. The average Bonchev–Trinajstić information content (AvgIpc) is 3.58. The van der Waals surface area contributed by atoms with Crippen LogP contribution in [0.15, 0.2) is 60.2 Å². The molecule has 8 heteroatoms. The minimum atomic E-state index is -1.61. The molecule has 1 saturated carbocycles. The molecule has 38 heavy (non-hydrogen) atoms. The summed E-state index contributed by atoms with van der Waals surface area (Å²) < 4.78 is 7.21. The zero-order valence-electron chi connectivity index (χ0n) is 21.9. The maximum absolute atomic E-state index is 13.0. The van der Waals surface area contributed by atoms with Crippen LogP contribution in [0.25, 0.3) is 28.0 Å². The smallest absolute Gasteiger partial charge is 0.189 e. The molecule has 0 saturated heterocycles. The lowest BCUT2D eigenvalue weighted by atomic mass is 9.76. The van der Waals surface area contributed by atoms with Gasteiger partial charge in [0.1, 0.15) is 17.2 Å². The van der Waals surface area contributed by atoms with Crippen molar-refractivity contribution in [1.82, 2.24) is 24.7 Å². The van der Waals surface area contributed by atoms with Gasteiger partial charge in [0.05, 0.1) is 16.7 Å². The summed E-state index contributed by atoms with van der Waals surface area (Å²) in [6.45, 7) is 11.5. The first-order chi connectivity index (χ1) is 18.2. The Balaban J connectivity index is 1.80. The van der Waals surface area contributed by atoms with Gasteiger partial charge in [-0.15, -0.1) is 0 Å². The first kappa shape index (κ1) is 24.1. The van der Waals surface area contributed by atoms with Crippen molar-refractivity contribution in [3.63, 3.8) is 0 Å². The second kappa shape index (κ2) is 8.63. The van der Waals surface area contributed by atoms with Gasteiger partial charge in [-0.05, 0) is 99.2 Å². The third-order valence-electron chi connectivity index (χ3n) is 7.52. The molecule has 1 aromatic carbocycles. The number of pyridine rings is 2. The third kappa shape index (κ3) is 3.55. The highest BCUT2D eigenvalue weighted by Gasteiger charge is 2.41. The van der Waals surface area contributed by atoms with Crippen LogP contribution in [0.1, 0.15) is 63.9 Å². The molecule has 2 N–H and O–H groups in total. The number of aryl methyl sites for hydroxylation is 4. The number of nitrogens with zero attached hydrogens (tertiary/aromatic N) is 5. The molecule has 1 aliphatic rings. The van der Waals surface area contributed by atoms with Crippen LogP contribution in [0.3, 0.4) is 0 Å². The highest BCUT2D eigenvalue weighted by Crippen LogP contribution is 2.47. The first-order valence-corrected chi connectivity index (χ1v) is 12.6. The molecule has 0 bridgehead atoms. The van der Waals surface area contributed by atoms with Crippen molar-refractivity contribution in [3.05, 3.63) is 101 Å². The largest absolute Gasteiger partial charge is 0.495 e. The first-order valence-electron chi connectivity index (χ1n) is 12.6. The second-order valence-corrected chi connectivity index (χ2v) is 10.2. The maximum Gasteiger partial charge on any atom is 0.189 e. The van der Waals surface area contributed by atoms with Gasteiger partial charge in [-0.25, -0.2) is 4.98 Å². The number of aliphatic hydroxyl groups excluding tert-OH is 1. The van der Waals surface area contributed by atoms with E-state index in [2.05, 4.69) is 21.7 Å². The Labute approximate surface area is 220 Å². The van der Waals surface area contributed by atoms with Gasteiger partial charge in [0.15, 0.2) is 5.88 Å². The maximum atomic E-state index is 13.0. The molecule has 6 rings (SSSR count). The zero-order chi connectivity index (χ0) is 26.8. The quantitative estimate of drug-likeness (QED) is 0.277. The molecule has 8 nitrogen and oxygen atoms in total. The topological polar surface area (TPSA) is 110 Å². The van der Waals surface area contributed by atoms with E-state index in [1.54, 1.807) is 29.4 Å². The van der Waals surface area contributed by atoms with E-state index < -0.39 is 5.60 Å². The zero-order valence-corrected chi connectivity index (χ0v) is 21.9. The van der Waals surface area contributed by atoms with Gasteiger partial charge in [-0.1, -0.05) is 5.16 Å². The number of imidazole rings is 1. The average molecular weight is 508 g/mol. The summed E-state index contributed by atoms with van der Waals surface area (Å²) in [5.41, 5.74) is 5.60. The molecular weight excluding hydrogens is 478 g/mol. The highest BCUT2D eigenvalue weighted by atomic mass is 16.5. The Bertz CT molecular complexity index is 1660. The van der Waals surface area contributed by atoms with Crippen molar-refractivity contribution in [2.75, 3.05) is 0 Å². The van der Waals surface area contributed by atoms with Crippen LogP contribution in [0.5, 0.6) is 0 Å². The standard InChI is InChI=1S/C30H29N5O3/c1-16-14-31-10-8-23(16)30(37,24-9-11-32-15-17(24)2)25-12-22(27-18(3)34-38-19(27)4)13-26-28(25)33-29(21-6-7-21)35(26)20(5)36/h8-15,21,36-37H,5-7H2,1-4H3. The fraction of sp³-hybridized carbons (Fsp3) is 0.267. The minimum absolute atomic E-state index is 0.111. The van der Waals surface area contributed by atoms with Crippen molar-refractivity contribution in [2.45, 2.75) is 52.1 Å². The van der Waals surface area contributed by atoms with E-state index in [1.165, 1.54) is 0 Å². The normalized spacial score (nSPS) is 13.8. The Hall–Kier alpha value is -4.30. The van der Waals surface area contributed by atoms with Gasteiger partial charge in [0, 0.05) is 41.8 Å². The van der Waals surface area contributed by atoms with Crippen molar-refractivity contribution in [2.24, 2.45) is 0 Å². The van der Waals surface area contributed by atoms with Crippen LogP contribution in [-0.4, -0.2) is 34.9 Å². The predicted molar refractivity (Wildman–Crippen MR) is 145 cm³/mol. The number of aromatic nitrogens is 5. The molecule has 192 valence electrons. The Kier molecular flexibility index (Phi) is 5.47. The number of aliphatic hydroxyl groups is 2. The van der Waals surface area contributed by atoms with Crippen LogP contribution < -0.4 is 0 Å². The second-order valence-electron chi connectivity index (χ2n) is 10.2. The summed E-state index contributed by atoms with van der Waals surface area (Å²) in [5, 5.41) is 27.9. The summed E-state index contributed by atoms with van der Waals surface area (Å²) in [7, 11) is 0. The predicted octanol–water partition coefficient (Wildman–Crippen LogP) is 5.86. The van der Waals surface area contributed by atoms with Gasteiger partial charge in [-0.3, -0.25) is 14.5 Å². The molecule has 0 radical (unpaired) electrons. The third-order valence-corrected chi connectivity index (χ3v) is 7.52. The van der Waals surface area contributed by atoms with Gasteiger partial charge in [-0.2, -0.15) is 0 Å². The minimum Gasteiger partial charge on any atom is -0.495 e. The van der Waals surface area contributed by atoms with Crippen molar-refractivity contribution >= 4 is 16.9 Å². The van der Waals surface area contributed by atoms with Crippen LogP contribution in [-0.2, 0) is 5.60 Å². The van der Waals surface area contributed by atoms with Crippen molar-refractivity contribution in [3.8, 4) is 11.1 Å². The van der Waals surface area contributed by atoms with E-state index in [0.717, 1.165) is 46.6 Å². The van der Waals surface area contributed by atoms with E-state index in [9.17, 15) is 10.2 Å². The number of rotatable bonds is 6. The molecule has 4 aromatic heterocycles. The van der Waals surface area contributed by atoms with Crippen LogP contribution >= 0.6 is 0 Å². The van der Waals surface area contributed by atoms with Crippen LogP contribution in [0, 0.1) is 27.7 Å². The molecule has 4 heterocycles. The van der Waals surface area contributed by atoms with Gasteiger partial charge >= 0.3 is 0 Å². The number of fused-ring (bicyclic) bond motifs is 1. The molecule has 5 aromatic rings. The number of hydrogen-bond acceptors (Lipinski definition) is 7. The molecule has 0 atom stereocenters. The number of benzene rings is 1. The van der Waals surface area contributed by atoms with Crippen LogP contribution in [0.4, 0.5) is 0 Å². The molecule has 1 aliphatic carbocycles. The monoisotopic (exact) mass is 507 g/mol. The van der Waals surface area contributed by atoms with Crippen molar-refractivity contribution in [1.29, 1.82) is 0 Å². The van der Waals surface area contributed by atoms with E-state index >= 15 is 0 Å². The van der Waals surface area contributed by atoms with E-state index in [1.807, 2.05) is 52.0 Å². The van der Waals surface area contributed by atoms with E-state index in [4.69, 9.17) is 9.51 Å². The summed E-state index contributed by atoms with van der Waals surface area (Å²) >= 11 is 0. The Morgan fingerprint density at radius 2 is 1.63 bits per heavy atom. The van der Waals surface area contributed by atoms with Crippen LogP contribution in [0.2, 0.25) is 0 Å². The van der Waals surface area contributed by atoms with E-state index in [0.29, 0.717) is 33.5 Å². The van der Waals surface area contributed by atoms with Gasteiger partial charge in [0.2, 0.25) is 0 Å². The molecular formula is C30H29N5O3. The Morgan fingerprint density at radius 1 is 1.00 bits per heavy atom. The summed E-state index contributed by atoms with van der Waals surface area (Å²) in [6.07, 6.45) is 8.83. The van der Waals surface area contributed by atoms with Gasteiger partial charge < -0.3 is 14.7 Å². The molecule has 1 fully saturated rings. The Morgan fingerprint density at radius 3 is 2.13 bits per heavy atom. The lowest BCUT2D eigenvalue weighted by Gasteiger charge is -2.33. The molecule has 0 unspecified atom stereocenters. The molecule has 0 amide bonds.